The number of nitrogens with zero attached hydrogens (tertiary/aromatic N) is 7. The summed E-state index contributed by atoms with van der Waals surface area (Å²) in [6, 6.07) is 8.06. The lowest BCUT2D eigenvalue weighted by molar-refractivity contribution is -0.156. The molecule has 6 bridgehead atoms. The number of pyridine rings is 1. The third kappa shape index (κ3) is 11.6. The lowest BCUT2D eigenvalue weighted by atomic mass is 9.78. The van der Waals surface area contributed by atoms with Crippen molar-refractivity contribution in [1.82, 2.24) is 40.0 Å². The van der Waals surface area contributed by atoms with Gasteiger partial charge in [-0.25, -0.2) is 5.43 Å². The minimum absolute atomic E-state index is 0.157. The van der Waals surface area contributed by atoms with Crippen molar-refractivity contribution >= 4 is 46.2 Å². The third-order valence-corrected chi connectivity index (χ3v) is 15.6. The predicted octanol–water partition coefficient (Wildman–Crippen LogP) is 6.00. The van der Waals surface area contributed by atoms with Crippen molar-refractivity contribution in [2.45, 2.75) is 150 Å². The summed E-state index contributed by atoms with van der Waals surface area (Å²) in [7, 11) is 5.49. The Labute approximate surface area is 427 Å². The van der Waals surface area contributed by atoms with Gasteiger partial charge >= 0.3 is 5.97 Å². The molecule has 0 radical (unpaired) electrons. The zero-order valence-corrected chi connectivity index (χ0v) is 45.3. The molecule has 72 heavy (non-hydrogen) atoms. The molecule has 2 N–H and O–H groups in total. The topological polar surface area (TPSA) is 162 Å². The van der Waals surface area contributed by atoms with E-state index in [4.69, 9.17) is 14.5 Å². The number of amides is 4. The fourth-order valence-electron chi connectivity index (χ4n) is 10.8. The van der Waals surface area contributed by atoms with Gasteiger partial charge < -0.3 is 34.1 Å². The highest BCUT2D eigenvalue weighted by Gasteiger charge is 2.45. The number of hydrogen-bond acceptors (Lipinski definition) is 11. The third-order valence-electron chi connectivity index (χ3n) is 15.6. The SMILES string of the molecule is CCn1c(-c2cccnc2C(C)C)c2c3cc(ccc31)N1CCO[C@@H](C[C@H](NC(=O)[C@H](C(C)C)N(C)C(=O)C3(C)CCN(C(=O)C#CC(C)(C)N(C)C)CC3)C(=O)N3CCC[C@H](N3)C(=O)OCC(C)(C)C2)C1. The van der Waals surface area contributed by atoms with Crippen molar-refractivity contribution in [3.05, 3.63) is 47.8 Å². The molecule has 16 nitrogen and oxygen atoms in total. The Morgan fingerprint density at radius 1 is 1.01 bits per heavy atom. The Morgan fingerprint density at radius 3 is 2.40 bits per heavy atom. The number of likely N-dealkylation sites (N-methyl/N-ethyl adjacent to an activating group) is 1. The van der Waals surface area contributed by atoms with Gasteiger partial charge in [-0.2, -0.15) is 0 Å². The largest absolute Gasteiger partial charge is 0.464 e. The number of morpholine rings is 1. The van der Waals surface area contributed by atoms with Crippen molar-refractivity contribution in [1.29, 1.82) is 0 Å². The minimum Gasteiger partial charge on any atom is -0.464 e. The van der Waals surface area contributed by atoms with Crippen LogP contribution < -0.4 is 15.6 Å². The maximum atomic E-state index is 14.9. The molecule has 4 amide bonds. The lowest BCUT2D eigenvalue weighted by Crippen LogP contribution is -2.63. The van der Waals surface area contributed by atoms with Gasteiger partial charge in [-0.05, 0) is 121 Å². The molecule has 0 unspecified atom stereocenters. The summed E-state index contributed by atoms with van der Waals surface area (Å²) in [6.45, 7) is 23.8. The zero-order chi connectivity index (χ0) is 52.4. The van der Waals surface area contributed by atoms with Gasteiger partial charge in [0.25, 0.3) is 11.8 Å². The number of ether oxygens (including phenoxy) is 2. The number of rotatable bonds is 9. The van der Waals surface area contributed by atoms with Gasteiger partial charge in [0, 0.05) is 91.9 Å². The first-order valence-corrected chi connectivity index (χ1v) is 26.2. The van der Waals surface area contributed by atoms with E-state index in [-0.39, 0.29) is 36.7 Å². The smallest absolute Gasteiger partial charge is 0.324 e. The first-order chi connectivity index (χ1) is 33.9. The Hall–Kier alpha value is -5.50. The summed E-state index contributed by atoms with van der Waals surface area (Å²) in [5, 5.41) is 5.69. The Kier molecular flexibility index (Phi) is 16.5. The maximum Gasteiger partial charge on any atom is 0.324 e. The van der Waals surface area contributed by atoms with Gasteiger partial charge in [0.2, 0.25) is 11.8 Å². The molecular weight excluding hydrogens is 911 g/mol. The molecular formula is C56H81N9O7. The second kappa shape index (κ2) is 21.9. The van der Waals surface area contributed by atoms with Crippen molar-refractivity contribution in [2.75, 3.05) is 72.0 Å². The molecule has 4 atom stereocenters. The van der Waals surface area contributed by atoms with Gasteiger partial charge in [0.15, 0.2) is 0 Å². The van der Waals surface area contributed by atoms with Crippen LogP contribution in [-0.2, 0) is 46.4 Å². The molecule has 0 aliphatic carbocycles. The fraction of sp³-hybridized carbons (Fsp3) is 0.643. The number of esters is 1. The van der Waals surface area contributed by atoms with Crippen molar-refractivity contribution in [3.63, 3.8) is 0 Å². The quantitative estimate of drug-likeness (QED) is 0.191. The number of hydrogen-bond donors (Lipinski definition) is 2. The molecule has 0 spiro atoms. The van der Waals surface area contributed by atoms with Crippen LogP contribution in [0.1, 0.15) is 119 Å². The van der Waals surface area contributed by atoms with Gasteiger partial charge in [-0.3, -0.25) is 38.9 Å². The average Bonchev–Trinajstić information content (AvgIpc) is 3.65. The van der Waals surface area contributed by atoms with E-state index in [9.17, 15) is 24.0 Å². The average molecular weight is 992 g/mol. The molecule has 4 aliphatic rings. The summed E-state index contributed by atoms with van der Waals surface area (Å²) in [4.78, 5) is 83.7. The second-order valence-corrected chi connectivity index (χ2v) is 23.0. The highest BCUT2D eigenvalue weighted by Crippen LogP contribution is 2.42. The molecule has 2 aromatic heterocycles. The maximum absolute atomic E-state index is 14.9. The van der Waals surface area contributed by atoms with E-state index in [1.807, 2.05) is 65.9 Å². The van der Waals surface area contributed by atoms with Crippen molar-refractivity contribution in [2.24, 2.45) is 16.7 Å². The predicted molar refractivity (Wildman–Crippen MR) is 281 cm³/mol. The first kappa shape index (κ1) is 54.3. The Morgan fingerprint density at radius 2 is 1.74 bits per heavy atom. The van der Waals surface area contributed by atoms with E-state index in [0.29, 0.717) is 71.4 Å². The number of carbonyl (C=O) groups is 5. The fourth-order valence-corrected chi connectivity index (χ4v) is 10.8. The molecule has 6 heterocycles. The zero-order valence-electron chi connectivity index (χ0n) is 45.3. The number of aromatic nitrogens is 2. The molecule has 392 valence electrons. The number of likely N-dealkylation sites (tertiary alicyclic amines) is 1. The van der Waals surface area contributed by atoms with Crippen LogP contribution in [0.25, 0.3) is 22.2 Å². The minimum atomic E-state index is -1.06. The van der Waals surface area contributed by atoms with Crippen LogP contribution in [0.15, 0.2) is 36.5 Å². The molecule has 3 fully saturated rings. The number of cyclic esters (lactones) is 1. The molecule has 0 saturated carbocycles. The number of nitrogens with one attached hydrogen (secondary N) is 2. The standard InChI is InChI=1S/C56H81N9O7/c1-14-64-45-20-19-38-31-41(45)42(49(64)40-17-15-25-57-47(40)36(2)3)33-54(6,7)35-72-52(69)43-18-16-26-65(59-43)51(68)44(32-39-34-63(38)29-30-71-39)58-50(67)48(37(4)5)61(13)53(70)56(10)23-27-62(28-24-56)46(66)21-22-55(8,9)60(11)12/h15,17,19-20,25,31,36-37,39,43-44,48,59H,14,16,18,23-24,26-30,32-35H2,1-13H3,(H,58,67)/t39-,43-,44-,48-/m0/s1. The molecule has 1 aromatic carbocycles. The van der Waals surface area contributed by atoms with Gasteiger partial charge in [0.1, 0.15) is 18.1 Å². The summed E-state index contributed by atoms with van der Waals surface area (Å²) >= 11 is 0. The van der Waals surface area contributed by atoms with Crippen LogP contribution in [0.2, 0.25) is 0 Å². The van der Waals surface area contributed by atoms with Crippen LogP contribution in [-0.4, -0.2) is 156 Å². The molecule has 7 rings (SSSR count). The molecule has 3 aromatic rings. The lowest BCUT2D eigenvalue weighted by Gasteiger charge is -2.42. The van der Waals surface area contributed by atoms with E-state index in [2.05, 4.69) is 90.9 Å². The number of hydrazine groups is 1. The van der Waals surface area contributed by atoms with E-state index >= 15 is 0 Å². The second-order valence-electron chi connectivity index (χ2n) is 23.0. The molecule has 3 saturated heterocycles. The summed E-state index contributed by atoms with van der Waals surface area (Å²) in [6.07, 6.45) is 4.05. The first-order valence-electron chi connectivity index (χ1n) is 26.2. The number of benzene rings is 1. The van der Waals surface area contributed by atoms with E-state index < -0.39 is 58.4 Å². The normalized spacial score (nSPS) is 22.3. The number of aryl methyl sites for hydroxylation is 1. The highest BCUT2D eigenvalue weighted by molar-refractivity contribution is 5.96. The van der Waals surface area contributed by atoms with Crippen molar-refractivity contribution < 1.29 is 33.4 Å². The summed E-state index contributed by atoms with van der Waals surface area (Å²) < 4.78 is 15.0. The summed E-state index contributed by atoms with van der Waals surface area (Å²) in [5.41, 5.74) is 7.96. The summed E-state index contributed by atoms with van der Waals surface area (Å²) in [5.74, 6) is 4.00. The Bertz CT molecular complexity index is 2560. The monoisotopic (exact) mass is 992 g/mol. The van der Waals surface area contributed by atoms with Crippen LogP contribution in [0.3, 0.4) is 0 Å². The van der Waals surface area contributed by atoms with E-state index in [0.717, 1.165) is 40.1 Å². The Balaban J connectivity index is 1.18. The van der Waals surface area contributed by atoms with Crippen LogP contribution in [0, 0.1) is 28.6 Å². The highest BCUT2D eigenvalue weighted by atomic mass is 16.5. The number of piperidine rings is 1. The van der Waals surface area contributed by atoms with Crippen LogP contribution in [0.5, 0.6) is 0 Å². The van der Waals surface area contributed by atoms with Gasteiger partial charge in [-0.1, -0.05) is 54.4 Å². The number of anilines is 1. The molecule has 4 aliphatic heterocycles. The van der Waals surface area contributed by atoms with E-state index in [1.165, 1.54) is 15.5 Å². The van der Waals surface area contributed by atoms with Gasteiger partial charge in [0.05, 0.1) is 36.2 Å². The number of fused-ring (bicyclic) bond motifs is 6. The molecule has 16 heteroatoms. The van der Waals surface area contributed by atoms with Crippen LogP contribution in [0.4, 0.5) is 5.69 Å². The van der Waals surface area contributed by atoms with Gasteiger partial charge in [-0.15, -0.1) is 0 Å². The van der Waals surface area contributed by atoms with E-state index in [1.54, 1.807) is 11.9 Å². The number of carbonyl (C=O) groups excluding carboxylic acids is 5. The van der Waals surface area contributed by atoms with Crippen molar-refractivity contribution in [3.8, 4) is 23.1 Å². The van der Waals surface area contributed by atoms with Crippen LogP contribution >= 0.6 is 0 Å².